The van der Waals surface area contributed by atoms with Gasteiger partial charge in [0.05, 0.1) is 10.1 Å². The number of halogens is 1. The molecule has 1 aromatic rings. The minimum atomic E-state index is -3.65. The lowest BCUT2D eigenvalue weighted by molar-refractivity contribution is -0.131. The van der Waals surface area contributed by atoms with Gasteiger partial charge in [0.25, 0.3) is 0 Å². The first-order chi connectivity index (χ1) is 10.4. The van der Waals surface area contributed by atoms with Crippen LogP contribution in [0.25, 0.3) is 0 Å². The Hall–Kier alpha value is -1.47. The molecule has 1 amide bonds. The fourth-order valence-corrected chi connectivity index (χ4v) is 4.08. The molecule has 122 valence electrons. The molecule has 1 heterocycles. The topological polar surface area (TPSA) is 80.5 Å². The van der Waals surface area contributed by atoms with E-state index < -0.39 is 20.9 Å². The summed E-state index contributed by atoms with van der Waals surface area (Å²) < 4.78 is 37.8. The number of carbonyl (C=O) groups is 1. The van der Waals surface area contributed by atoms with Crippen LogP contribution in [0.1, 0.15) is 26.2 Å². The van der Waals surface area contributed by atoms with Crippen LogP contribution in [0.3, 0.4) is 0 Å². The summed E-state index contributed by atoms with van der Waals surface area (Å²) in [5.41, 5.74) is 5.64. The van der Waals surface area contributed by atoms with Crippen molar-refractivity contribution in [2.24, 2.45) is 5.73 Å². The highest BCUT2D eigenvalue weighted by atomic mass is 32.2. The smallest absolute Gasteiger partial charge is 0.224 e. The number of carbonyl (C=O) groups excluding carboxylic acids is 1. The largest absolute Gasteiger partial charge is 0.338 e. The maximum Gasteiger partial charge on any atom is 0.224 e. The minimum absolute atomic E-state index is 0.00762. The van der Waals surface area contributed by atoms with Crippen LogP contribution >= 0.6 is 0 Å². The molecule has 0 bridgehead atoms. The molecular weight excluding hydrogens is 307 g/mol. The Balaban J connectivity index is 2.09. The zero-order valence-corrected chi connectivity index (χ0v) is 13.4. The molecule has 2 atom stereocenters. The molecule has 5 nitrogen and oxygen atoms in total. The van der Waals surface area contributed by atoms with Crippen molar-refractivity contribution in [2.45, 2.75) is 42.4 Å². The van der Waals surface area contributed by atoms with Crippen LogP contribution < -0.4 is 5.73 Å². The number of benzene rings is 1. The van der Waals surface area contributed by atoms with Gasteiger partial charge in [-0.1, -0.05) is 0 Å². The van der Waals surface area contributed by atoms with Gasteiger partial charge < -0.3 is 10.6 Å². The summed E-state index contributed by atoms with van der Waals surface area (Å²) in [4.78, 5) is 14.0. The molecule has 22 heavy (non-hydrogen) atoms. The summed E-state index contributed by atoms with van der Waals surface area (Å²) in [5.74, 6) is -0.684. The van der Waals surface area contributed by atoms with Crippen molar-refractivity contribution in [1.29, 1.82) is 0 Å². The van der Waals surface area contributed by atoms with Crippen molar-refractivity contribution in [2.75, 3.05) is 13.1 Å². The standard InChI is InChI=1S/C15H21FN2O3S/c1-11(9-15(19)18-8-2-3-13(18)10-17)22(20,21)14-6-4-12(16)5-7-14/h4-7,11,13H,2-3,8-10,17H2,1H3/t11-,13-/m1/s1. The van der Waals surface area contributed by atoms with E-state index in [-0.39, 0.29) is 23.3 Å². The van der Waals surface area contributed by atoms with Gasteiger partial charge in [-0.2, -0.15) is 0 Å². The Bertz CT molecular complexity index is 631. The number of hydrogen-bond donors (Lipinski definition) is 1. The van der Waals surface area contributed by atoms with Gasteiger partial charge in [-0.15, -0.1) is 0 Å². The summed E-state index contributed by atoms with van der Waals surface area (Å²) in [6.07, 6.45) is 1.67. The van der Waals surface area contributed by atoms with E-state index in [0.29, 0.717) is 13.1 Å². The predicted molar refractivity (Wildman–Crippen MR) is 81.5 cm³/mol. The molecule has 1 saturated heterocycles. The van der Waals surface area contributed by atoms with Gasteiger partial charge in [-0.3, -0.25) is 4.79 Å². The van der Waals surface area contributed by atoms with Crippen LogP contribution in [0.4, 0.5) is 4.39 Å². The summed E-state index contributed by atoms with van der Waals surface area (Å²) in [6, 6.07) is 4.67. The maximum absolute atomic E-state index is 12.9. The van der Waals surface area contributed by atoms with Gasteiger partial charge in [-0.05, 0) is 44.0 Å². The Labute approximate surface area is 130 Å². The van der Waals surface area contributed by atoms with Crippen molar-refractivity contribution >= 4 is 15.7 Å². The molecule has 1 aliphatic rings. The molecule has 2 rings (SSSR count). The number of sulfone groups is 1. The van der Waals surface area contributed by atoms with Gasteiger partial charge >= 0.3 is 0 Å². The van der Waals surface area contributed by atoms with Gasteiger partial charge in [-0.25, -0.2) is 12.8 Å². The van der Waals surface area contributed by atoms with Crippen LogP contribution in [0.2, 0.25) is 0 Å². The number of nitrogens with zero attached hydrogens (tertiary/aromatic N) is 1. The van der Waals surface area contributed by atoms with Crippen molar-refractivity contribution < 1.29 is 17.6 Å². The molecule has 1 fully saturated rings. The second kappa shape index (κ2) is 6.75. The summed E-state index contributed by atoms with van der Waals surface area (Å²) in [5, 5.41) is -0.857. The Morgan fingerprint density at radius 3 is 2.64 bits per heavy atom. The van der Waals surface area contributed by atoms with E-state index in [1.807, 2.05) is 0 Å². The number of likely N-dealkylation sites (tertiary alicyclic amines) is 1. The van der Waals surface area contributed by atoms with E-state index in [0.717, 1.165) is 25.0 Å². The van der Waals surface area contributed by atoms with Crippen LogP contribution in [0.15, 0.2) is 29.2 Å². The summed E-state index contributed by atoms with van der Waals surface area (Å²) in [6.45, 7) is 2.53. The highest BCUT2D eigenvalue weighted by molar-refractivity contribution is 7.92. The highest BCUT2D eigenvalue weighted by Crippen LogP contribution is 2.22. The van der Waals surface area contributed by atoms with Gasteiger partial charge in [0.2, 0.25) is 5.91 Å². The highest BCUT2D eigenvalue weighted by Gasteiger charge is 2.32. The first kappa shape index (κ1) is 16.9. The molecule has 7 heteroatoms. The zero-order chi connectivity index (χ0) is 16.3. The van der Waals surface area contributed by atoms with Crippen molar-refractivity contribution in [1.82, 2.24) is 4.90 Å². The quantitative estimate of drug-likeness (QED) is 0.827. The van der Waals surface area contributed by atoms with E-state index in [1.54, 1.807) is 4.90 Å². The SMILES string of the molecule is C[C@H](CC(=O)N1CCC[C@@H]1CN)S(=O)(=O)c1ccc(F)cc1. The monoisotopic (exact) mass is 328 g/mol. The lowest BCUT2D eigenvalue weighted by Crippen LogP contribution is -2.41. The molecule has 1 aliphatic heterocycles. The third-order valence-corrected chi connectivity index (χ3v) is 6.26. The molecular formula is C15H21FN2O3S. The number of hydrogen-bond acceptors (Lipinski definition) is 4. The first-order valence-electron chi connectivity index (χ1n) is 7.35. The Kier molecular flexibility index (Phi) is 5.18. The normalized spacial score (nSPS) is 20.1. The molecule has 1 aromatic carbocycles. The fourth-order valence-electron chi connectivity index (χ4n) is 2.74. The van der Waals surface area contributed by atoms with Crippen molar-refractivity contribution in [3.05, 3.63) is 30.1 Å². The maximum atomic E-state index is 12.9. The van der Waals surface area contributed by atoms with Gasteiger partial charge in [0.1, 0.15) is 5.82 Å². The van der Waals surface area contributed by atoms with Crippen molar-refractivity contribution in [3.63, 3.8) is 0 Å². The van der Waals surface area contributed by atoms with Crippen molar-refractivity contribution in [3.8, 4) is 0 Å². The zero-order valence-electron chi connectivity index (χ0n) is 12.5. The molecule has 2 N–H and O–H groups in total. The van der Waals surface area contributed by atoms with Crippen LogP contribution in [0.5, 0.6) is 0 Å². The summed E-state index contributed by atoms with van der Waals surface area (Å²) >= 11 is 0. The molecule has 0 aromatic heterocycles. The molecule has 0 radical (unpaired) electrons. The number of amides is 1. The lowest BCUT2D eigenvalue weighted by atomic mass is 10.2. The Morgan fingerprint density at radius 1 is 1.41 bits per heavy atom. The molecule has 0 aliphatic carbocycles. The molecule has 0 saturated carbocycles. The third kappa shape index (κ3) is 3.47. The van der Waals surface area contributed by atoms with Gasteiger partial charge in [0, 0.05) is 25.6 Å². The minimum Gasteiger partial charge on any atom is -0.338 e. The van der Waals surface area contributed by atoms with E-state index >= 15 is 0 Å². The molecule has 0 unspecified atom stereocenters. The average molecular weight is 328 g/mol. The van der Waals surface area contributed by atoms with Gasteiger partial charge in [0.15, 0.2) is 9.84 Å². The Morgan fingerprint density at radius 2 is 2.05 bits per heavy atom. The number of nitrogens with two attached hydrogens (primary N) is 1. The lowest BCUT2D eigenvalue weighted by Gasteiger charge is -2.25. The molecule has 0 spiro atoms. The second-order valence-electron chi connectivity index (χ2n) is 5.63. The average Bonchev–Trinajstić information content (AvgIpc) is 2.96. The van der Waals surface area contributed by atoms with E-state index in [4.69, 9.17) is 5.73 Å². The van der Waals surface area contributed by atoms with E-state index in [2.05, 4.69) is 0 Å². The third-order valence-electron chi connectivity index (χ3n) is 4.10. The van der Waals surface area contributed by atoms with E-state index in [9.17, 15) is 17.6 Å². The van der Waals surface area contributed by atoms with Crippen LogP contribution in [-0.2, 0) is 14.6 Å². The van der Waals surface area contributed by atoms with Crippen LogP contribution in [0, 0.1) is 5.82 Å². The van der Waals surface area contributed by atoms with Crippen LogP contribution in [-0.4, -0.2) is 43.6 Å². The fraction of sp³-hybridized carbons (Fsp3) is 0.533. The van der Waals surface area contributed by atoms with E-state index in [1.165, 1.54) is 19.1 Å². The first-order valence-corrected chi connectivity index (χ1v) is 8.90. The second-order valence-corrected chi connectivity index (χ2v) is 8.00. The summed E-state index contributed by atoms with van der Waals surface area (Å²) in [7, 11) is -3.65. The predicted octanol–water partition coefficient (Wildman–Crippen LogP) is 1.33. The number of rotatable bonds is 5.